The number of benzene rings is 1. The quantitative estimate of drug-likeness (QED) is 0.831. The summed E-state index contributed by atoms with van der Waals surface area (Å²) in [6.07, 6.45) is 0.254. The highest BCUT2D eigenvalue weighted by Crippen LogP contribution is 2.18. The van der Waals surface area contributed by atoms with Crippen LogP contribution in [0.5, 0.6) is 0 Å². The SMILES string of the molecule is CC(O)CC(C)CNC(=O)C(C)c1ccccc1F. The van der Waals surface area contributed by atoms with E-state index in [-0.39, 0.29) is 23.7 Å². The molecule has 1 aromatic rings. The topological polar surface area (TPSA) is 49.3 Å². The summed E-state index contributed by atoms with van der Waals surface area (Å²) in [5, 5.41) is 12.0. The van der Waals surface area contributed by atoms with E-state index in [0.717, 1.165) is 0 Å². The molecule has 1 aromatic carbocycles. The van der Waals surface area contributed by atoms with E-state index in [9.17, 15) is 14.3 Å². The lowest BCUT2D eigenvalue weighted by atomic mass is 9.99. The molecule has 19 heavy (non-hydrogen) atoms. The maximum absolute atomic E-state index is 13.6. The van der Waals surface area contributed by atoms with E-state index < -0.39 is 5.92 Å². The van der Waals surface area contributed by atoms with Crippen molar-refractivity contribution in [2.45, 2.75) is 39.2 Å². The van der Waals surface area contributed by atoms with Crippen LogP contribution >= 0.6 is 0 Å². The van der Waals surface area contributed by atoms with Gasteiger partial charge in [0, 0.05) is 6.54 Å². The molecule has 0 radical (unpaired) electrons. The van der Waals surface area contributed by atoms with E-state index >= 15 is 0 Å². The second kappa shape index (κ2) is 7.24. The number of aliphatic hydroxyl groups excluding tert-OH is 1. The summed E-state index contributed by atoms with van der Waals surface area (Å²) in [6, 6.07) is 6.31. The first-order valence-corrected chi connectivity index (χ1v) is 6.62. The van der Waals surface area contributed by atoms with Gasteiger partial charge in [-0.1, -0.05) is 25.1 Å². The largest absolute Gasteiger partial charge is 0.393 e. The van der Waals surface area contributed by atoms with Gasteiger partial charge in [0.25, 0.3) is 0 Å². The van der Waals surface area contributed by atoms with Crippen LogP contribution in [0.1, 0.15) is 38.7 Å². The van der Waals surface area contributed by atoms with Crippen LogP contribution in [-0.4, -0.2) is 23.7 Å². The third-order valence-corrected chi connectivity index (χ3v) is 3.13. The maximum Gasteiger partial charge on any atom is 0.227 e. The number of rotatable bonds is 6. The molecule has 0 bridgehead atoms. The van der Waals surface area contributed by atoms with Crippen LogP contribution in [0.3, 0.4) is 0 Å². The number of halogens is 1. The van der Waals surface area contributed by atoms with Gasteiger partial charge < -0.3 is 10.4 Å². The van der Waals surface area contributed by atoms with Crippen molar-refractivity contribution in [3.05, 3.63) is 35.6 Å². The molecule has 0 aliphatic rings. The molecule has 0 fully saturated rings. The van der Waals surface area contributed by atoms with Crippen LogP contribution in [0.2, 0.25) is 0 Å². The van der Waals surface area contributed by atoms with Crippen molar-refractivity contribution in [2.24, 2.45) is 5.92 Å². The van der Waals surface area contributed by atoms with Gasteiger partial charge in [-0.15, -0.1) is 0 Å². The van der Waals surface area contributed by atoms with Gasteiger partial charge in [-0.25, -0.2) is 4.39 Å². The van der Waals surface area contributed by atoms with Gasteiger partial charge in [-0.3, -0.25) is 4.79 Å². The Hall–Kier alpha value is -1.42. The molecular weight excluding hydrogens is 245 g/mol. The molecule has 0 heterocycles. The second-order valence-electron chi connectivity index (χ2n) is 5.18. The number of hydrogen-bond donors (Lipinski definition) is 2. The summed E-state index contributed by atoms with van der Waals surface area (Å²) in [7, 11) is 0. The summed E-state index contributed by atoms with van der Waals surface area (Å²) in [5.74, 6) is -0.874. The van der Waals surface area contributed by atoms with E-state index in [0.29, 0.717) is 18.5 Å². The predicted octanol–water partition coefficient (Wildman–Crippen LogP) is 2.45. The van der Waals surface area contributed by atoms with Gasteiger partial charge in [0.2, 0.25) is 5.91 Å². The Morgan fingerprint density at radius 1 is 1.32 bits per heavy atom. The third kappa shape index (κ3) is 4.99. The van der Waals surface area contributed by atoms with Crippen molar-refractivity contribution in [2.75, 3.05) is 6.54 Å². The lowest BCUT2D eigenvalue weighted by Gasteiger charge is -2.17. The fraction of sp³-hybridized carbons (Fsp3) is 0.533. The van der Waals surface area contributed by atoms with Gasteiger partial charge in [0.1, 0.15) is 5.82 Å². The average Bonchev–Trinajstić information content (AvgIpc) is 2.35. The summed E-state index contributed by atoms with van der Waals surface area (Å²) in [5.41, 5.74) is 0.406. The minimum atomic E-state index is -0.514. The molecule has 3 nitrogen and oxygen atoms in total. The van der Waals surface area contributed by atoms with Crippen molar-refractivity contribution in [1.82, 2.24) is 5.32 Å². The van der Waals surface area contributed by atoms with E-state index in [1.165, 1.54) is 6.07 Å². The first-order valence-electron chi connectivity index (χ1n) is 6.62. The van der Waals surface area contributed by atoms with Gasteiger partial charge in [0.05, 0.1) is 12.0 Å². The second-order valence-corrected chi connectivity index (χ2v) is 5.18. The maximum atomic E-state index is 13.6. The normalized spacial score (nSPS) is 15.6. The Balaban J connectivity index is 2.52. The Morgan fingerprint density at radius 2 is 1.95 bits per heavy atom. The van der Waals surface area contributed by atoms with Gasteiger partial charge in [-0.05, 0) is 37.8 Å². The standard InChI is InChI=1S/C15H22FNO2/c1-10(8-11(2)18)9-17-15(19)12(3)13-6-4-5-7-14(13)16/h4-7,10-12,18H,8-9H2,1-3H3,(H,17,19). The molecule has 2 N–H and O–H groups in total. The smallest absolute Gasteiger partial charge is 0.227 e. The molecule has 0 aromatic heterocycles. The van der Waals surface area contributed by atoms with Crippen molar-refractivity contribution in [1.29, 1.82) is 0 Å². The highest BCUT2D eigenvalue weighted by atomic mass is 19.1. The van der Waals surface area contributed by atoms with E-state index in [4.69, 9.17) is 0 Å². The zero-order chi connectivity index (χ0) is 14.4. The number of nitrogens with one attached hydrogen (secondary N) is 1. The highest BCUT2D eigenvalue weighted by molar-refractivity contribution is 5.83. The Morgan fingerprint density at radius 3 is 2.53 bits per heavy atom. The summed E-state index contributed by atoms with van der Waals surface area (Å²) >= 11 is 0. The predicted molar refractivity (Wildman–Crippen MR) is 73.3 cm³/mol. The number of aliphatic hydroxyl groups is 1. The highest BCUT2D eigenvalue weighted by Gasteiger charge is 2.18. The molecule has 0 saturated carbocycles. The van der Waals surface area contributed by atoms with Gasteiger partial charge in [-0.2, -0.15) is 0 Å². The first kappa shape index (κ1) is 15.6. The van der Waals surface area contributed by atoms with Crippen molar-refractivity contribution in [3.63, 3.8) is 0 Å². The molecule has 3 unspecified atom stereocenters. The van der Waals surface area contributed by atoms with Crippen LogP contribution in [0.4, 0.5) is 4.39 Å². The Kier molecular flexibility index (Phi) is 5.96. The number of amides is 1. The number of carbonyl (C=O) groups is 1. The van der Waals surface area contributed by atoms with Crippen molar-refractivity contribution in [3.8, 4) is 0 Å². The first-order chi connectivity index (χ1) is 8.91. The molecular formula is C15H22FNO2. The monoisotopic (exact) mass is 267 g/mol. The fourth-order valence-corrected chi connectivity index (χ4v) is 2.06. The van der Waals surface area contributed by atoms with E-state index in [1.807, 2.05) is 6.92 Å². The molecule has 106 valence electrons. The minimum absolute atomic E-state index is 0.191. The molecule has 4 heteroatoms. The molecule has 0 aliphatic heterocycles. The van der Waals surface area contributed by atoms with Crippen molar-refractivity contribution < 1.29 is 14.3 Å². The number of hydrogen-bond acceptors (Lipinski definition) is 2. The zero-order valence-corrected chi connectivity index (χ0v) is 11.7. The average molecular weight is 267 g/mol. The lowest BCUT2D eigenvalue weighted by molar-refractivity contribution is -0.122. The lowest BCUT2D eigenvalue weighted by Crippen LogP contribution is -2.32. The molecule has 0 aliphatic carbocycles. The van der Waals surface area contributed by atoms with Crippen LogP contribution in [0, 0.1) is 11.7 Å². The summed E-state index contributed by atoms with van der Waals surface area (Å²) in [4.78, 5) is 11.9. The van der Waals surface area contributed by atoms with Crippen LogP contribution in [-0.2, 0) is 4.79 Å². The number of carbonyl (C=O) groups excluding carboxylic acids is 1. The van der Waals surface area contributed by atoms with Crippen molar-refractivity contribution >= 4 is 5.91 Å². The summed E-state index contributed by atoms with van der Waals surface area (Å²) in [6.45, 7) is 5.86. The molecule has 0 spiro atoms. The van der Waals surface area contributed by atoms with Crippen LogP contribution in [0.25, 0.3) is 0 Å². The van der Waals surface area contributed by atoms with E-state index in [1.54, 1.807) is 32.0 Å². The summed E-state index contributed by atoms with van der Waals surface area (Å²) < 4.78 is 13.6. The molecule has 0 saturated heterocycles. The minimum Gasteiger partial charge on any atom is -0.393 e. The molecule has 1 amide bonds. The van der Waals surface area contributed by atoms with Crippen LogP contribution < -0.4 is 5.32 Å². The fourth-order valence-electron chi connectivity index (χ4n) is 2.06. The third-order valence-electron chi connectivity index (χ3n) is 3.13. The van der Waals surface area contributed by atoms with Gasteiger partial charge >= 0.3 is 0 Å². The Bertz CT molecular complexity index is 420. The Labute approximate surface area is 113 Å². The molecule has 3 atom stereocenters. The molecule has 1 rings (SSSR count). The zero-order valence-electron chi connectivity index (χ0n) is 11.7. The van der Waals surface area contributed by atoms with Gasteiger partial charge in [0.15, 0.2) is 0 Å². The van der Waals surface area contributed by atoms with E-state index in [2.05, 4.69) is 5.32 Å². The van der Waals surface area contributed by atoms with Crippen LogP contribution in [0.15, 0.2) is 24.3 Å².